The van der Waals surface area contributed by atoms with Gasteiger partial charge in [-0.15, -0.1) is 0 Å². The van der Waals surface area contributed by atoms with Crippen LogP contribution in [0.2, 0.25) is 0 Å². The van der Waals surface area contributed by atoms with Crippen molar-refractivity contribution in [3.05, 3.63) is 0 Å². The zero-order valence-electron chi connectivity index (χ0n) is 9.57. The van der Waals surface area contributed by atoms with Crippen molar-refractivity contribution in [1.82, 2.24) is 9.80 Å². The molecular formula is C10H25N5. The summed E-state index contributed by atoms with van der Waals surface area (Å²) in [6.07, 6.45) is 1.01. The van der Waals surface area contributed by atoms with Crippen LogP contribution >= 0.6 is 0 Å². The second-order valence-electron chi connectivity index (χ2n) is 4.26. The average Bonchev–Trinajstić information content (AvgIpc) is 2.28. The number of piperazine rings is 1. The molecule has 6 N–H and O–H groups in total. The topological polar surface area (TPSA) is 84.5 Å². The van der Waals surface area contributed by atoms with E-state index in [4.69, 9.17) is 17.2 Å². The summed E-state index contributed by atoms with van der Waals surface area (Å²) in [5, 5.41) is 0. The lowest BCUT2D eigenvalue weighted by molar-refractivity contribution is 0.132. The first kappa shape index (κ1) is 12.9. The fraction of sp³-hybridized carbons (Fsp3) is 1.00. The molecule has 90 valence electrons. The van der Waals surface area contributed by atoms with Crippen molar-refractivity contribution in [3.8, 4) is 0 Å². The third-order valence-corrected chi connectivity index (χ3v) is 3.03. The smallest absolute Gasteiger partial charge is 0.0175 e. The summed E-state index contributed by atoms with van der Waals surface area (Å²) in [6.45, 7) is 7.99. The molecular weight excluding hydrogens is 190 g/mol. The van der Waals surface area contributed by atoms with Crippen LogP contribution < -0.4 is 17.2 Å². The molecule has 1 aliphatic rings. The Kier molecular flexibility index (Phi) is 6.12. The lowest BCUT2D eigenvalue weighted by atomic mass is 10.2. The van der Waals surface area contributed by atoms with Gasteiger partial charge in [-0.25, -0.2) is 0 Å². The van der Waals surface area contributed by atoms with Gasteiger partial charge in [0, 0.05) is 51.9 Å². The van der Waals surface area contributed by atoms with Crippen LogP contribution in [0.3, 0.4) is 0 Å². The summed E-state index contributed by atoms with van der Waals surface area (Å²) in [5.74, 6) is 0. The Morgan fingerprint density at radius 2 is 1.47 bits per heavy atom. The van der Waals surface area contributed by atoms with Gasteiger partial charge in [0.2, 0.25) is 0 Å². The molecule has 15 heavy (non-hydrogen) atoms. The van der Waals surface area contributed by atoms with Crippen LogP contribution in [-0.4, -0.2) is 68.2 Å². The van der Waals surface area contributed by atoms with Gasteiger partial charge >= 0.3 is 0 Å². The van der Waals surface area contributed by atoms with Crippen molar-refractivity contribution < 1.29 is 0 Å². The summed E-state index contributed by atoms with van der Waals surface area (Å²) in [7, 11) is 0. The van der Waals surface area contributed by atoms with Crippen LogP contribution in [0.15, 0.2) is 0 Å². The Balaban J connectivity index is 2.09. The van der Waals surface area contributed by atoms with E-state index in [9.17, 15) is 0 Å². The lowest BCUT2D eigenvalue weighted by Gasteiger charge is -2.34. The Hall–Kier alpha value is -0.200. The molecule has 0 bridgehead atoms. The molecule has 1 atom stereocenters. The minimum Gasteiger partial charge on any atom is -0.329 e. The average molecular weight is 215 g/mol. The first-order valence-corrected chi connectivity index (χ1v) is 5.86. The molecule has 1 saturated heterocycles. The highest BCUT2D eigenvalue weighted by Gasteiger charge is 2.16. The van der Waals surface area contributed by atoms with Gasteiger partial charge in [-0.1, -0.05) is 0 Å². The van der Waals surface area contributed by atoms with Gasteiger partial charge in [0.25, 0.3) is 0 Å². The number of nitrogens with zero attached hydrogens (tertiary/aromatic N) is 2. The largest absolute Gasteiger partial charge is 0.329 e. The van der Waals surface area contributed by atoms with Gasteiger partial charge in [-0.05, 0) is 13.0 Å². The standard InChI is InChI=1S/C10H25N5/c11-2-4-15-7-5-14(6-8-15)3-1-10(13)9-12/h10H,1-9,11-13H2. The van der Waals surface area contributed by atoms with Crippen molar-refractivity contribution in [2.24, 2.45) is 17.2 Å². The summed E-state index contributed by atoms with van der Waals surface area (Å²) in [6, 6.07) is 0.159. The minimum atomic E-state index is 0.159. The van der Waals surface area contributed by atoms with Crippen LogP contribution in [0.1, 0.15) is 6.42 Å². The van der Waals surface area contributed by atoms with E-state index < -0.39 is 0 Å². The van der Waals surface area contributed by atoms with Gasteiger partial charge in [-0.3, -0.25) is 4.90 Å². The van der Waals surface area contributed by atoms with Gasteiger partial charge in [-0.2, -0.15) is 0 Å². The fourth-order valence-electron chi connectivity index (χ4n) is 1.89. The molecule has 0 aliphatic carbocycles. The highest BCUT2D eigenvalue weighted by molar-refractivity contribution is 4.73. The Labute approximate surface area is 92.6 Å². The van der Waals surface area contributed by atoms with Gasteiger partial charge in [0.05, 0.1) is 0 Å². The normalized spacial score (nSPS) is 21.8. The number of hydrogen-bond donors (Lipinski definition) is 3. The third-order valence-electron chi connectivity index (χ3n) is 3.03. The first-order chi connectivity index (χ1) is 7.26. The Morgan fingerprint density at radius 3 is 1.93 bits per heavy atom. The molecule has 1 heterocycles. The fourth-order valence-corrected chi connectivity index (χ4v) is 1.89. The zero-order chi connectivity index (χ0) is 11.1. The summed E-state index contributed by atoms with van der Waals surface area (Å²) >= 11 is 0. The molecule has 0 amide bonds. The van der Waals surface area contributed by atoms with E-state index in [1.807, 2.05) is 0 Å². The molecule has 0 spiro atoms. The van der Waals surface area contributed by atoms with E-state index in [0.717, 1.165) is 52.2 Å². The molecule has 1 rings (SSSR count). The monoisotopic (exact) mass is 215 g/mol. The zero-order valence-corrected chi connectivity index (χ0v) is 9.57. The third kappa shape index (κ3) is 4.90. The van der Waals surface area contributed by atoms with E-state index in [-0.39, 0.29) is 6.04 Å². The SMILES string of the molecule is NCCN1CCN(CCC(N)CN)CC1. The van der Waals surface area contributed by atoms with Crippen LogP contribution in [0.25, 0.3) is 0 Å². The maximum Gasteiger partial charge on any atom is 0.0175 e. The summed E-state index contributed by atoms with van der Waals surface area (Å²) in [5.41, 5.74) is 16.8. The highest BCUT2D eigenvalue weighted by Crippen LogP contribution is 2.02. The van der Waals surface area contributed by atoms with Crippen molar-refractivity contribution >= 4 is 0 Å². The van der Waals surface area contributed by atoms with Gasteiger partial charge in [0.1, 0.15) is 0 Å². The van der Waals surface area contributed by atoms with Crippen LogP contribution in [0.4, 0.5) is 0 Å². The van der Waals surface area contributed by atoms with E-state index in [1.165, 1.54) is 0 Å². The molecule has 1 fully saturated rings. The molecule has 1 unspecified atom stereocenters. The molecule has 5 heteroatoms. The lowest BCUT2D eigenvalue weighted by Crippen LogP contribution is -2.48. The van der Waals surface area contributed by atoms with Crippen LogP contribution in [0.5, 0.6) is 0 Å². The van der Waals surface area contributed by atoms with Crippen molar-refractivity contribution in [2.75, 3.05) is 52.4 Å². The van der Waals surface area contributed by atoms with E-state index >= 15 is 0 Å². The second kappa shape index (κ2) is 7.14. The number of rotatable bonds is 6. The molecule has 0 aromatic heterocycles. The maximum atomic E-state index is 5.79. The van der Waals surface area contributed by atoms with Crippen molar-refractivity contribution in [1.29, 1.82) is 0 Å². The van der Waals surface area contributed by atoms with E-state index in [2.05, 4.69) is 9.80 Å². The summed E-state index contributed by atoms with van der Waals surface area (Å²) in [4.78, 5) is 4.88. The molecule has 0 aromatic carbocycles. The Morgan fingerprint density at radius 1 is 0.933 bits per heavy atom. The quantitative estimate of drug-likeness (QED) is 0.489. The predicted octanol–water partition coefficient (Wildman–Crippen LogP) is -1.76. The maximum absolute atomic E-state index is 5.79. The molecule has 0 radical (unpaired) electrons. The van der Waals surface area contributed by atoms with Gasteiger partial charge < -0.3 is 22.1 Å². The predicted molar refractivity (Wildman–Crippen MR) is 63.6 cm³/mol. The van der Waals surface area contributed by atoms with Crippen molar-refractivity contribution in [2.45, 2.75) is 12.5 Å². The molecule has 1 aliphatic heterocycles. The minimum absolute atomic E-state index is 0.159. The number of hydrogen-bond acceptors (Lipinski definition) is 5. The van der Waals surface area contributed by atoms with Crippen LogP contribution in [0, 0.1) is 0 Å². The summed E-state index contributed by atoms with van der Waals surface area (Å²) < 4.78 is 0. The Bertz CT molecular complexity index is 156. The van der Waals surface area contributed by atoms with Crippen molar-refractivity contribution in [3.63, 3.8) is 0 Å². The van der Waals surface area contributed by atoms with Gasteiger partial charge in [0.15, 0.2) is 0 Å². The first-order valence-electron chi connectivity index (χ1n) is 5.86. The molecule has 0 aromatic rings. The van der Waals surface area contributed by atoms with E-state index in [0.29, 0.717) is 6.54 Å². The second-order valence-corrected chi connectivity index (χ2v) is 4.26. The van der Waals surface area contributed by atoms with Crippen LogP contribution in [-0.2, 0) is 0 Å². The van der Waals surface area contributed by atoms with E-state index in [1.54, 1.807) is 0 Å². The highest BCUT2D eigenvalue weighted by atomic mass is 15.3. The molecule has 5 nitrogen and oxygen atoms in total. The molecule has 0 saturated carbocycles. The number of nitrogens with two attached hydrogens (primary N) is 3.